The van der Waals surface area contributed by atoms with Crippen LogP contribution in [0.2, 0.25) is 5.02 Å². The fraction of sp³-hybridized carbons (Fsp3) is 0.125. The van der Waals surface area contributed by atoms with Crippen molar-refractivity contribution in [3.05, 3.63) is 47.0 Å². The van der Waals surface area contributed by atoms with Crippen LogP contribution in [-0.2, 0) is 0 Å². The Morgan fingerprint density at radius 1 is 1.12 bits per heavy atom. The van der Waals surface area contributed by atoms with Gasteiger partial charge in [0.2, 0.25) is 5.13 Å². The molecule has 0 aliphatic rings. The molecule has 0 fully saturated rings. The Morgan fingerprint density at radius 3 is 2.62 bits per heavy atom. The van der Waals surface area contributed by atoms with Crippen molar-refractivity contribution in [2.75, 3.05) is 19.6 Å². The minimum Gasteiger partial charge on any atom is -0.496 e. The molecule has 0 aliphatic heterocycles. The summed E-state index contributed by atoms with van der Waals surface area (Å²) in [6.45, 7) is 0. The predicted molar refractivity (Wildman–Crippen MR) is 95.3 cm³/mol. The second kappa shape index (κ2) is 6.94. The highest BCUT2D eigenvalue weighted by Gasteiger charge is 2.14. The van der Waals surface area contributed by atoms with Crippen LogP contribution < -0.4 is 20.3 Å². The number of anilines is 1. The van der Waals surface area contributed by atoms with Crippen molar-refractivity contribution in [3.8, 4) is 11.5 Å². The van der Waals surface area contributed by atoms with Gasteiger partial charge in [0.25, 0.3) is 5.91 Å². The smallest absolute Gasteiger partial charge is 0.273 e. The molecule has 0 aliphatic carbocycles. The summed E-state index contributed by atoms with van der Waals surface area (Å²) in [5.41, 5.74) is 6.47. The molecule has 0 unspecified atom stereocenters. The largest absolute Gasteiger partial charge is 0.496 e. The van der Waals surface area contributed by atoms with E-state index in [0.29, 0.717) is 32.7 Å². The Morgan fingerprint density at radius 2 is 1.88 bits per heavy atom. The fourth-order valence-corrected chi connectivity index (χ4v) is 3.29. The first-order valence-electron chi connectivity index (χ1n) is 6.96. The zero-order valence-electron chi connectivity index (χ0n) is 12.9. The summed E-state index contributed by atoms with van der Waals surface area (Å²) in [4.78, 5) is 16.7. The van der Waals surface area contributed by atoms with Crippen LogP contribution in [0, 0.1) is 0 Å². The lowest BCUT2D eigenvalue weighted by molar-refractivity contribution is 0.0959. The highest BCUT2D eigenvalue weighted by molar-refractivity contribution is 7.22. The number of nitrogens with one attached hydrogen (secondary N) is 2. The summed E-state index contributed by atoms with van der Waals surface area (Å²) in [6, 6.07) is 10.5. The van der Waals surface area contributed by atoms with E-state index in [2.05, 4.69) is 15.8 Å². The fourth-order valence-electron chi connectivity index (χ4n) is 2.18. The third kappa shape index (κ3) is 3.08. The number of rotatable bonds is 5. The number of halogens is 1. The number of amides is 1. The molecule has 0 atom stereocenters. The van der Waals surface area contributed by atoms with Gasteiger partial charge in [-0.25, -0.2) is 4.98 Å². The SMILES string of the molecule is COc1ccccc1C(=O)NNc1nc2c(OC)ccc(Cl)c2s1. The third-order valence-corrected chi connectivity index (χ3v) is 4.74. The lowest BCUT2D eigenvalue weighted by Gasteiger charge is -2.09. The minimum absolute atomic E-state index is 0.329. The summed E-state index contributed by atoms with van der Waals surface area (Å²) >= 11 is 7.50. The number of hydrogen-bond acceptors (Lipinski definition) is 6. The number of hydrogen-bond donors (Lipinski definition) is 2. The Bertz CT molecular complexity index is 897. The van der Waals surface area contributed by atoms with Crippen LogP contribution in [-0.4, -0.2) is 25.1 Å². The third-order valence-electron chi connectivity index (χ3n) is 3.31. The number of para-hydroxylation sites is 1. The van der Waals surface area contributed by atoms with Crippen LogP contribution in [0.4, 0.5) is 5.13 Å². The molecule has 124 valence electrons. The van der Waals surface area contributed by atoms with E-state index in [4.69, 9.17) is 21.1 Å². The lowest BCUT2D eigenvalue weighted by Crippen LogP contribution is -2.29. The lowest BCUT2D eigenvalue weighted by atomic mass is 10.2. The quantitative estimate of drug-likeness (QED) is 0.676. The average molecular weight is 364 g/mol. The number of ether oxygens (including phenoxy) is 2. The van der Waals surface area contributed by atoms with Gasteiger partial charge in [-0.1, -0.05) is 35.1 Å². The maximum atomic E-state index is 12.3. The second-order valence-corrected chi connectivity index (χ2v) is 6.13. The first-order valence-corrected chi connectivity index (χ1v) is 8.16. The molecule has 6 nitrogen and oxygen atoms in total. The normalized spacial score (nSPS) is 10.5. The standard InChI is InChI=1S/C16H14ClN3O3S/c1-22-11-6-4-3-5-9(11)15(21)19-20-16-18-13-12(23-2)8-7-10(17)14(13)24-16/h3-8H,1-2H3,(H,18,20)(H,19,21). The molecule has 3 aromatic rings. The van der Waals surface area contributed by atoms with E-state index in [1.165, 1.54) is 18.4 Å². The summed E-state index contributed by atoms with van der Waals surface area (Å²) in [5.74, 6) is 0.783. The van der Waals surface area contributed by atoms with Gasteiger partial charge in [-0.2, -0.15) is 0 Å². The number of methoxy groups -OCH3 is 2. The van der Waals surface area contributed by atoms with E-state index in [-0.39, 0.29) is 5.91 Å². The topological polar surface area (TPSA) is 72.5 Å². The molecule has 0 bridgehead atoms. The average Bonchev–Trinajstić information content (AvgIpc) is 3.05. The number of thiazole rings is 1. The summed E-state index contributed by atoms with van der Waals surface area (Å²) in [6.07, 6.45) is 0. The Kier molecular flexibility index (Phi) is 4.73. The Balaban J connectivity index is 1.81. The Labute approximate surface area is 147 Å². The second-order valence-electron chi connectivity index (χ2n) is 4.73. The molecule has 0 saturated carbocycles. The van der Waals surface area contributed by atoms with Crippen molar-refractivity contribution in [3.63, 3.8) is 0 Å². The van der Waals surface area contributed by atoms with E-state index in [1.54, 1.807) is 43.5 Å². The molecule has 3 rings (SSSR count). The number of aromatic nitrogens is 1. The molecule has 2 aromatic carbocycles. The van der Waals surface area contributed by atoms with Crippen molar-refractivity contribution in [2.24, 2.45) is 0 Å². The minimum atomic E-state index is -0.329. The number of hydrazine groups is 1. The van der Waals surface area contributed by atoms with Gasteiger partial charge in [0.05, 0.1) is 29.5 Å². The van der Waals surface area contributed by atoms with Crippen molar-refractivity contribution >= 4 is 44.2 Å². The highest BCUT2D eigenvalue weighted by atomic mass is 35.5. The van der Waals surface area contributed by atoms with Crippen LogP contribution in [0.3, 0.4) is 0 Å². The summed E-state index contributed by atoms with van der Waals surface area (Å²) in [7, 11) is 3.08. The molecule has 0 saturated heterocycles. The van der Waals surface area contributed by atoms with Crippen LogP contribution in [0.25, 0.3) is 10.2 Å². The van der Waals surface area contributed by atoms with Gasteiger partial charge < -0.3 is 9.47 Å². The zero-order valence-corrected chi connectivity index (χ0v) is 14.5. The number of nitrogens with zero attached hydrogens (tertiary/aromatic N) is 1. The number of benzene rings is 2. The van der Waals surface area contributed by atoms with Crippen LogP contribution in [0.1, 0.15) is 10.4 Å². The molecule has 0 spiro atoms. The number of carbonyl (C=O) groups excluding carboxylic acids is 1. The maximum Gasteiger partial charge on any atom is 0.273 e. The van der Waals surface area contributed by atoms with Gasteiger partial charge in [-0.3, -0.25) is 15.6 Å². The molecule has 24 heavy (non-hydrogen) atoms. The summed E-state index contributed by atoms with van der Waals surface area (Å²) in [5, 5.41) is 1.08. The maximum absolute atomic E-state index is 12.3. The van der Waals surface area contributed by atoms with E-state index in [9.17, 15) is 4.79 Å². The van der Waals surface area contributed by atoms with E-state index in [1.807, 2.05) is 0 Å². The van der Waals surface area contributed by atoms with Gasteiger partial charge in [-0.05, 0) is 24.3 Å². The molecule has 0 radical (unpaired) electrons. The predicted octanol–water partition coefficient (Wildman–Crippen LogP) is 3.72. The van der Waals surface area contributed by atoms with Gasteiger partial charge in [-0.15, -0.1) is 0 Å². The van der Waals surface area contributed by atoms with E-state index < -0.39 is 0 Å². The van der Waals surface area contributed by atoms with Crippen molar-refractivity contribution in [1.29, 1.82) is 0 Å². The van der Waals surface area contributed by atoms with Crippen LogP contribution in [0.5, 0.6) is 11.5 Å². The van der Waals surface area contributed by atoms with Crippen molar-refractivity contribution in [1.82, 2.24) is 10.4 Å². The number of carbonyl (C=O) groups is 1. The van der Waals surface area contributed by atoms with Gasteiger partial charge in [0.15, 0.2) is 0 Å². The van der Waals surface area contributed by atoms with Crippen LogP contribution >= 0.6 is 22.9 Å². The zero-order chi connectivity index (χ0) is 17.1. The Hall–Kier alpha value is -2.51. The molecule has 1 amide bonds. The van der Waals surface area contributed by atoms with Crippen LogP contribution in [0.15, 0.2) is 36.4 Å². The first-order chi connectivity index (χ1) is 11.6. The number of fused-ring (bicyclic) bond motifs is 1. The molecule has 1 heterocycles. The highest BCUT2D eigenvalue weighted by Crippen LogP contribution is 2.37. The van der Waals surface area contributed by atoms with Gasteiger partial charge in [0, 0.05) is 0 Å². The van der Waals surface area contributed by atoms with Crippen molar-refractivity contribution < 1.29 is 14.3 Å². The van der Waals surface area contributed by atoms with E-state index >= 15 is 0 Å². The monoisotopic (exact) mass is 363 g/mol. The molecule has 2 N–H and O–H groups in total. The molecule has 8 heteroatoms. The molecule has 1 aromatic heterocycles. The van der Waals surface area contributed by atoms with E-state index in [0.717, 1.165) is 4.70 Å². The summed E-state index contributed by atoms with van der Waals surface area (Å²) < 4.78 is 11.2. The van der Waals surface area contributed by atoms with Gasteiger partial charge >= 0.3 is 0 Å². The van der Waals surface area contributed by atoms with Crippen molar-refractivity contribution in [2.45, 2.75) is 0 Å². The first kappa shape index (κ1) is 16.4. The van der Waals surface area contributed by atoms with Gasteiger partial charge in [0.1, 0.15) is 17.0 Å². The molecular weight excluding hydrogens is 350 g/mol. The molecular formula is C16H14ClN3O3S.